The van der Waals surface area contributed by atoms with Crippen molar-refractivity contribution in [3.05, 3.63) is 51.5 Å². The highest BCUT2D eigenvalue weighted by atomic mass is 32.1. The van der Waals surface area contributed by atoms with Crippen LogP contribution >= 0.6 is 11.3 Å². The molecule has 4 aliphatic carbocycles. The summed E-state index contributed by atoms with van der Waals surface area (Å²) in [4.78, 5) is 17.4. The van der Waals surface area contributed by atoms with Crippen LogP contribution in [0.3, 0.4) is 0 Å². The molecule has 1 aromatic rings. The summed E-state index contributed by atoms with van der Waals surface area (Å²) in [5.41, 5.74) is 4.46. The number of aromatic nitrogens is 1. The molecular weight excluding hydrogens is 532 g/mol. The number of nitrogens with one attached hydrogen (secondary N) is 1. The third-order valence-corrected chi connectivity index (χ3v) is 12.1. The first-order chi connectivity index (χ1) is 19.6. The van der Waals surface area contributed by atoms with Gasteiger partial charge in [0.1, 0.15) is 11.1 Å². The van der Waals surface area contributed by atoms with Gasteiger partial charge in [-0.15, -0.1) is 11.3 Å². The smallest absolute Gasteiger partial charge is 0.407 e. The quantitative estimate of drug-likeness (QED) is 0.287. The van der Waals surface area contributed by atoms with Crippen molar-refractivity contribution in [1.82, 2.24) is 10.3 Å². The van der Waals surface area contributed by atoms with Gasteiger partial charge in [0, 0.05) is 24.0 Å². The number of aryl methyl sites for hydroxylation is 1. The number of aliphatic hydroxyl groups excluding tert-OH is 2. The molecule has 7 heteroatoms. The fraction of sp³-hybridized carbons (Fsp3) is 0.706. The van der Waals surface area contributed by atoms with Crippen LogP contribution in [0.5, 0.6) is 0 Å². The molecule has 1 heterocycles. The number of aliphatic hydroxyl groups is 2. The summed E-state index contributed by atoms with van der Waals surface area (Å²) in [6.07, 6.45) is 13.8. The van der Waals surface area contributed by atoms with Crippen LogP contribution in [0.1, 0.15) is 102 Å². The van der Waals surface area contributed by atoms with Gasteiger partial charge in [0.2, 0.25) is 0 Å². The van der Waals surface area contributed by atoms with E-state index in [0.717, 1.165) is 54.0 Å². The van der Waals surface area contributed by atoms with Crippen molar-refractivity contribution in [1.29, 1.82) is 0 Å². The molecule has 1 amide bonds. The second-order valence-corrected chi connectivity index (χ2v) is 14.5. The maximum Gasteiger partial charge on any atom is 0.407 e. The van der Waals surface area contributed by atoms with Crippen molar-refractivity contribution in [2.24, 2.45) is 23.2 Å². The number of alkyl carbamates (subject to hydrolysis) is 1. The lowest BCUT2D eigenvalue weighted by Crippen LogP contribution is -2.38. The zero-order valence-corrected chi connectivity index (χ0v) is 26.3. The van der Waals surface area contributed by atoms with Crippen molar-refractivity contribution in [2.75, 3.05) is 6.54 Å². The van der Waals surface area contributed by atoms with Gasteiger partial charge in [-0.05, 0) is 112 Å². The van der Waals surface area contributed by atoms with Crippen LogP contribution < -0.4 is 5.32 Å². The Labute approximate surface area is 250 Å². The van der Waals surface area contributed by atoms with Gasteiger partial charge < -0.3 is 20.3 Å². The standard InChI is InChI=1S/C34H50N2O4S/c1-6-35-32(39)40-30(34(16-17-34)31-36-22(3)20-41-31)14-9-21(2)27-12-13-28-24(8-7-15-33(27,28)5)10-11-25-18-26(37)19-29(38)23(25)4/h10-11,20-21,26-30,37-38H,4,6-9,12-19H2,1-3,5H3,(H,35,39)/b24-10+,25-11-/t21-,26-,27-,28+,29?,30-,33-/m1/s1. The molecule has 226 valence electrons. The second-order valence-electron chi connectivity index (χ2n) is 13.6. The monoisotopic (exact) mass is 582 g/mol. The van der Waals surface area contributed by atoms with Gasteiger partial charge in [-0.1, -0.05) is 38.2 Å². The normalized spacial score (nSPS) is 34.3. The van der Waals surface area contributed by atoms with Gasteiger partial charge in [-0.25, -0.2) is 9.78 Å². The molecule has 4 fully saturated rings. The highest BCUT2D eigenvalue weighted by Crippen LogP contribution is 2.60. The minimum Gasteiger partial charge on any atom is -0.445 e. The fourth-order valence-electron chi connectivity index (χ4n) is 8.45. The number of rotatable bonds is 9. The average Bonchev–Trinajstić information content (AvgIpc) is 3.48. The molecule has 41 heavy (non-hydrogen) atoms. The van der Waals surface area contributed by atoms with Crippen molar-refractivity contribution >= 4 is 17.4 Å². The second kappa shape index (κ2) is 12.3. The summed E-state index contributed by atoms with van der Waals surface area (Å²) in [7, 11) is 0. The van der Waals surface area contributed by atoms with E-state index in [1.807, 2.05) is 13.8 Å². The Kier molecular flexibility index (Phi) is 9.18. The Morgan fingerprint density at radius 1 is 1.27 bits per heavy atom. The minimum atomic E-state index is -0.646. The number of ether oxygens (including phenoxy) is 1. The molecular formula is C34H50N2O4S. The molecule has 0 aliphatic heterocycles. The molecule has 6 nitrogen and oxygen atoms in total. The topological polar surface area (TPSA) is 91.7 Å². The molecule has 3 N–H and O–H groups in total. The largest absolute Gasteiger partial charge is 0.445 e. The van der Waals surface area contributed by atoms with E-state index in [4.69, 9.17) is 9.72 Å². The number of amides is 1. The van der Waals surface area contributed by atoms with E-state index < -0.39 is 12.2 Å². The Bertz CT molecular complexity index is 1180. The van der Waals surface area contributed by atoms with Crippen molar-refractivity contribution < 1.29 is 19.7 Å². The summed E-state index contributed by atoms with van der Waals surface area (Å²) in [6, 6.07) is 0. The maximum atomic E-state index is 12.6. The van der Waals surface area contributed by atoms with Gasteiger partial charge in [0.15, 0.2) is 0 Å². The van der Waals surface area contributed by atoms with E-state index in [1.54, 1.807) is 11.3 Å². The van der Waals surface area contributed by atoms with Crippen LogP contribution in [0.15, 0.2) is 40.8 Å². The summed E-state index contributed by atoms with van der Waals surface area (Å²) < 4.78 is 6.12. The van der Waals surface area contributed by atoms with Gasteiger partial charge in [0.25, 0.3) is 0 Å². The minimum absolute atomic E-state index is 0.121. The zero-order chi connectivity index (χ0) is 29.4. The van der Waals surface area contributed by atoms with Gasteiger partial charge in [0.05, 0.1) is 17.6 Å². The lowest BCUT2D eigenvalue weighted by molar-refractivity contribution is 0.0525. The molecule has 0 spiro atoms. The molecule has 1 unspecified atom stereocenters. The fourth-order valence-corrected chi connectivity index (χ4v) is 9.55. The summed E-state index contributed by atoms with van der Waals surface area (Å²) in [5.74, 6) is 1.75. The van der Waals surface area contributed by atoms with Crippen LogP contribution in [0.25, 0.3) is 0 Å². The summed E-state index contributed by atoms with van der Waals surface area (Å²) in [6.45, 7) is 13.6. The highest BCUT2D eigenvalue weighted by molar-refractivity contribution is 7.09. The van der Waals surface area contributed by atoms with Crippen LogP contribution in [-0.2, 0) is 10.2 Å². The first-order valence-corrected chi connectivity index (χ1v) is 16.8. The molecule has 4 aliphatic rings. The van der Waals surface area contributed by atoms with Gasteiger partial charge in [-0.2, -0.15) is 0 Å². The molecule has 0 saturated heterocycles. The van der Waals surface area contributed by atoms with E-state index >= 15 is 0 Å². The van der Waals surface area contributed by atoms with Crippen molar-refractivity contribution in [3.63, 3.8) is 0 Å². The number of carbonyl (C=O) groups excluding carboxylic acids is 1. The van der Waals surface area contributed by atoms with Crippen LogP contribution in [0.2, 0.25) is 0 Å². The number of nitrogens with zero attached hydrogens (tertiary/aromatic N) is 1. The van der Waals surface area contributed by atoms with Crippen LogP contribution in [-0.4, -0.2) is 46.1 Å². The third-order valence-electron chi connectivity index (χ3n) is 10.9. The van der Waals surface area contributed by atoms with E-state index in [9.17, 15) is 15.0 Å². The number of allylic oxidation sites excluding steroid dienone is 3. The van der Waals surface area contributed by atoms with Crippen molar-refractivity contribution in [2.45, 2.75) is 122 Å². The SMILES string of the molecule is C=C1/C(=C\C=C2/CCC[C@]3(C)[C@@H]([C@H](C)CC[C@@H](OC(=O)NCC)C4(c5nc(C)cs5)CC4)CC[C@@H]23)C[C@@H](O)CC1O. The number of carbonyl (C=O) groups is 1. The third kappa shape index (κ3) is 6.23. The summed E-state index contributed by atoms with van der Waals surface area (Å²) in [5, 5.41) is 26.5. The van der Waals surface area contributed by atoms with Crippen LogP contribution in [0, 0.1) is 30.1 Å². The van der Waals surface area contributed by atoms with Gasteiger partial charge in [-0.3, -0.25) is 0 Å². The zero-order valence-electron chi connectivity index (χ0n) is 25.5. The lowest BCUT2D eigenvalue weighted by atomic mass is 9.60. The number of hydrogen-bond donors (Lipinski definition) is 3. The molecule has 4 saturated carbocycles. The Balaban J connectivity index is 1.28. The molecule has 5 rings (SSSR count). The Morgan fingerprint density at radius 3 is 2.73 bits per heavy atom. The molecule has 0 aromatic carbocycles. The van der Waals surface area contributed by atoms with Gasteiger partial charge >= 0.3 is 6.09 Å². The van der Waals surface area contributed by atoms with E-state index in [2.05, 4.69) is 43.3 Å². The van der Waals surface area contributed by atoms with E-state index in [-0.39, 0.29) is 23.0 Å². The lowest BCUT2D eigenvalue weighted by Gasteiger charge is -2.44. The highest BCUT2D eigenvalue weighted by Gasteiger charge is 2.56. The van der Waals surface area contributed by atoms with E-state index in [1.165, 1.54) is 31.3 Å². The predicted molar refractivity (Wildman–Crippen MR) is 165 cm³/mol. The Hall–Kier alpha value is -1.96. The maximum absolute atomic E-state index is 12.6. The number of thiazole rings is 1. The number of hydrogen-bond acceptors (Lipinski definition) is 6. The molecule has 0 radical (unpaired) electrons. The average molecular weight is 583 g/mol. The van der Waals surface area contributed by atoms with E-state index in [0.29, 0.717) is 37.1 Å². The van der Waals surface area contributed by atoms with Crippen LogP contribution in [0.4, 0.5) is 4.79 Å². The first-order valence-electron chi connectivity index (χ1n) is 15.9. The molecule has 1 aromatic heterocycles. The number of fused-ring (bicyclic) bond motifs is 1. The predicted octanol–water partition coefficient (Wildman–Crippen LogP) is 7.16. The van der Waals surface area contributed by atoms with Crippen molar-refractivity contribution in [3.8, 4) is 0 Å². The first kappa shape index (κ1) is 30.5. The molecule has 0 bridgehead atoms. The summed E-state index contributed by atoms with van der Waals surface area (Å²) >= 11 is 1.71. The molecule has 7 atom stereocenters. The Morgan fingerprint density at radius 2 is 2.05 bits per heavy atom.